The average Bonchev–Trinajstić information content (AvgIpc) is 3.08. The van der Waals surface area contributed by atoms with E-state index in [-0.39, 0.29) is 5.91 Å². The third-order valence-electron chi connectivity index (χ3n) is 5.47. The summed E-state index contributed by atoms with van der Waals surface area (Å²) in [6.45, 7) is 3.22. The molecule has 156 valence electrons. The van der Waals surface area contributed by atoms with Crippen LogP contribution < -0.4 is 5.32 Å². The lowest BCUT2D eigenvalue weighted by atomic mass is 9.99. The quantitative estimate of drug-likeness (QED) is 0.683. The van der Waals surface area contributed by atoms with Crippen molar-refractivity contribution in [3.63, 3.8) is 0 Å². The van der Waals surface area contributed by atoms with Gasteiger partial charge in [0.15, 0.2) is 0 Å². The number of amides is 1. The van der Waals surface area contributed by atoms with E-state index in [1.54, 1.807) is 6.20 Å². The zero-order chi connectivity index (χ0) is 21.3. The summed E-state index contributed by atoms with van der Waals surface area (Å²) >= 11 is 0. The minimum Gasteiger partial charge on any atom is -0.322 e. The number of nitrogens with zero attached hydrogens (tertiary/aromatic N) is 3. The Morgan fingerprint density at radius 1 is 1.13 bits per heavy atom. The number of carbonyl (C=O) groups is 1. The zero-order valence-corrected chi connectivity index (χ0v) is 17.8. The molecule has 30 heavy (non-hydrogen) atoms. The number of rotatable bonds is 5. The molecule has 0 unspecified atom stereocenters. The van der Waals surface area contributed by atoms with Crippen molar-refractivity contribution in [1.82, 2.24) is 14.1 Å². The standard InChI is InChI=1S/C22H24N4O3S/c1-16-20(13-23-26(16)14-17-7-4-3-5-8-17)22(27)24-21-10-6-9-18-15-25(30(2,28)29)12-11-19(18)21/h3-10,13H,11-12,14-15H2,1-2H3,(H,24,27). The fourth-order valence-corrected chi connectivity index (χ4v) is 4.56. The lowest BCUT2D eigenvalue weighted by molar-refractivity contribution is 0.102. The molecule has 1 aliphatic heterocycles. The van der Waals surface area contributed by atoms with Crippen molar-refractivity contribution in [1.29, 1.82) is 0 Å². The Balaban J connectivity index is 1.53. The van der Waals surface area contributed by atoms with Crippen LogP contribution >= 0.6 is 0 Å². The van der Waals surface area contributed by atoms with Gasteiger partial charge >= 0.3 is 0 Å². The third kappa shape index (κ3) is 4.15. The predicted octanol–water partition coefficient (Wildman–Crippen LogP) is 2.81. The van der Waals surface area contributed by atoms with Gasteiger partial charge < -0.3 is 5.32 Å². The van der Waals surface area contributed by atoms with Crippen LogP contribution in [0.3, 0.4) is 0 Å². The number of anilines is 1. The number of nitrogens with one attached hydrogen (secondary N) is 1. The number of benzene rings is 2. The van der Waals surface area contributed by atoms with Crippen molar-refractivity contribution in [3.05, 3.63) is 82.7 Å². The van der Waals surface area contributed by atoms with E-state index in [2.05, 4.69) is 10.4 Å². The van der Waals surface area contributed by atoms with Gasteiger partial charge in [0.05, 0.1) is 24.6 Å². The lowest BCUT2D eigenvalue weighted by Crippen LogP contribution is -2.35. The van der Waals surface area contributed by atoms with E-state index in [4.69, 9.17) is 0 Å². The molecule has 2 heterocycles. The predicted molar refractivity (Wildman–Crippen MR) is 116 cm³/mol. The molecule has 1 aliphatic rings. The first-order valence-electron chi connectivity index (χ1n) is 9.76. The van der Waals surface area contributed by atoms with E-state index in [1.807, 2.05) is 60.1 Å². The highest BCUT2D eigenvalue weighted by atomic mass is 32.2. The van der Waals surface area contributed by atoms with Crippen LogP contribution in [0.2, 0.25) is 0 Å². The van der Waals surface area contributed by atoms with Gasteiger partial charge in [0, 0.05) is 24.5 Å². The van der Waals surface area contributed by atoms with Gasteiger partial charge in [-0.2, -0.15) is 9.40 Å². The maximum absolute atomic E-state index is 12.9. The van der Waals surface area contributed by atoms with Crippen LogP contribution in [-0.4, -0.2) is 41.2 Å². The third-order valence-corrected chi connectivity index (χ3v) is 6.72. The Morgan fingerprint density at radius 3 is 2.63 bits per heavy atom. The van der Waals surface area contributed by atoms with Crippen molar-refractivity contribution in [2.45, 2.75) is 26.4 Å². The first-order chi connectivity index (χ1) is 14.3. The molecule has 8 heteroatoms. The minimum absolute atomic E-state index is 0.217. The molecule has 1 N–H and O–H groups in total. The van der Waals surface area contributed by atoms with Gasteiger partial charge in [0.1, 0.15) is 0 Å². The van der Waals surface area contributed by atoms with Gasteiger partial charge in [-0.25, -0.2) is 8.42 Å². The van der Waals surface area contributed by atoms with E-state index in [9.17, 15) is 13.2 Å². The van der Waals surface area contributed by atoms with Crippen LogP contribution in [-0.2, 0) is 29.5 Å². The summed E-state index contributed by atoms with van der Waals surface area (Å²) in [4.78, 5) is 12.9. The van der Waals surface area contributed by atoms with Gasteiger partial charge in [-0.05, 0) is 36.1 Å². The maximum Gasteiger partial charge on any atom is 0.259 e. The highest BCUT2D eigenvalue weighted by Crippen LogP contribution is 2.28. The van der Waals surface area contributed by atoms with E-state index in [0.717, 1.165) is 28.1 Å². The smallest absolute Gasteiger partial charge is 0.259 e. The van der Waals surface area contributed by atoms with Crippen molar-refractivity contribution in [3.8, 4) is 0 Å². The molecule has 0 atom stereocenters. The molecule has 0 aliphatic carbocycles. The van der Waals surface area contributed by atoms with Crippen molar-refractivity contribution < 1.29 is 13.2 Å². The fraction of sp³-hybridized carbons (Fsp3) is 0.273. The monoisotopic (exact) mass is 424 g/mol. The van der Waals surface area contributed by atoms with E-state index in [0.29, 0.717) is 31.6 Å². The molecular weight excluding hydrogens is 400 g/mol. The molecule has 0 spiro atoms. The first-order valence-corrected chi connectivity index (χ1v) is 11.6. The van der Waals surface area contributed by atoms with E-state index < -0.39 is 10.0 Å². The van der Waals surface area contributed by atoms with Crippen LogP contribution in [0.1, 0.15) is 32.7 Å². The van der Waals surface area contributed by atoms with E-state index in [1.165, 1.54) is 10.6 Å². The highest BCUT2D eigenvalue weighted by Gasteiger charge is 2.25. The summed E-state index contributed by atoms with van der Waals surface area (Å²) < 4.78 is 27.0. The molecule has 0 bridgehead atoms. The fourth-order valence-electron chi connectivity index (χ4n) is 3.76. The molecule has 0 radical (unpaired) electrons. The molecule has 3 aromatic rings. The van der Waals surface area contributed by atoms with Crippen molar-refractivity contribution in [2.75, 3.05) is 18.1 Å². The van der Waals surface area contributed by atoms with Crippen LogP contribution in [0, 0.1) is 6.92 Å². The Labute approximate surface area is 176 Å². The lowest BCUT2D eigenvalue weighted by Gasteiger charge is -2.28. The normalized spacial score (nSPS) is 14.3. The molecule has 1 amide bonds. The van der Waals surface area contributed by atoms with Gasteiger partial charge in [-0.3, -0.25) is 9.48 Å². The van der Waals surface area contributed by atoms with Crippen molar-refractivity contribution in [2.24, 2.45) is 0 Å². The number of hydrogen-bond donors (Lipinski definition) is 1. The summed E-state index contributed by atoms with van der Waals surface area (Å²) in [5.41, 5.74) is 5.06. The largest absolute Gasteiger partial charge is 0.322 e. The molecule has 2 aromatic carbocycles. The summed E-state index contributed by atoms with van der Waals surface area (Å²) in [7, 11) is -3.24. The Kier molecular flexibility index (Phi) is 5.44. The highest BCUT2D eigenvalue weighted by molar-refractivity contribution is 7.88. The summed E-state index contributed by atoms with van der Waals surface area (Å²) in [6.07, 6.45) is 3.37. The molecule has 1 aromatic heterocycles. The second kappa shape index (κ2) is 8.04. The van der Waals surface area contributed by atoms with Gasteiger partial charge in [-0.1, -0.05) is 42.5 Å². The number of aromatic nitrogens is 2. The number of carbonyl (C=O) groups excluding carboxylic acids is 1. The van der Waals surface area contributed by atoms with Crippen LogP contribution in [0.15, 0.2) is 54.7 Å². The van der Waals surface area contributed by atoms with Crippen LogP contribution in [0.5, 0.6) is 0 Å². The van der Waals surface area contributed by atoms with Gasteiger partial charge in [-0.15, -0.1) is 0 Å². The summed E-state index contributed by atoms with van der Waals surface area (Å²) in [5, 5.41) is 7.38. The zero-order valence-electron chi connectivity index (χ0n) is 17.0. The molecule has 0 fully saturated rings. The summed E-state index contributed by atoms with van der Waals surface area (Å²) in [6, 6.07) is 15.6. The van der Waals surface area contributed by atoms with Crippen LogP contribution in [0.25, 0.3) is 0 Å². The van der Waals surface area contributed by atoms with Gasteiger partial charge in [0.25, 0.3) is 5.91 Å². The minimum atomic E-state index is -3.24. The number of sulfonamides is 1. The summed E-state index contributed by atoms with van der Waals surface area (Å²) in [5.74, 6) is -0.217. The van der Waals surface area contributed by atoms with E-state index >= 15 is 0 Å². The van der Waals surface area contributed by atoms with Crippen LogP contribution in [0.4, 0.5) is 5.69 Å². The maximum atomic E-state index is 12.9. The topological polar surface area (TPSA) is 84.3 Å². The Bertz CT molecular complexity index is 1190. The Morgan fingerprint density at radius 2 is 1.90 bits per heavy atom. The average molecular weight is 425 g/mol. The molecule has 4 rings (SSSR count). The number of fused-ring (bicyclic) bond motifs is 1. The number of hydrogen-bond acceptors (Lipinski definition) is 4. The Hall–Kier alpha value is -2.97. The molecule has 0 saturated carbocycles. The van der Waals surface area contributed by atoms with Gasteiger partial charge in [0.2, 0.25) is 10.0 Å². The first kappa shape index (κ1) is 20.3. The molecule has 7 nitrogen and oxygen atoms in total. The van der Waals surface area contributed by atoms with Crippen molar-refractivity contribution >= 4 is 21.6 Å². The SMILES string of the molecule is Cc1c(C(=O)Nc2cccc3c2CCN(S(C)(=O)=O)C3)cnn1Cc1ccccc1. The second-order valence-corrected chi connectivity index (χ2v) is 9.51. The molecule has 0 saturated heterocycles. The molecular formula is C22H24N4O3S. The second-order valence-electron chi connectivity index (χ2n) is 7.53.